The lowest BCUT2D eigenvalue weighted by molar-refractivity contribution is 0.102. The summed E-state index contributed by atoms with van der Waals surface area (Å²) < 4.78 is 2.20. The molecule has 6 heteroatoms. The van der Waals surface area contributed by atoms with Crippen molar-refractivity contribution in [3.8, 4) is 11.4 Å². The van der Waals surface area contributed by atoms with E-state index in [0.717, 1.165) is 54.4 Å². The number of benzene rings is 1. The van der Waals surface area contributed by atoms with E-state index in [2.05, 4.69) is 25.1 Å². The number of nitrogens with zero attached hydrogens (tertiary/aromatic N) is 4. The van der Waals surface area contributed by atoms with Gasteiger partial charge in [0.1, 0.15) is 11.5 Å². The first kappa shape index (κ1) is 16.4. The standard InChI is InChI=1S/C20H21N5O/c1-14-7-5-10-17(21-14)20(26)22-16-9-6-8-15(13-16)19-24-23-18-11-3-2-4-12-25(18)19/h5-10,13H,2-4,11-12H2,1H3,(H,22,26). The molecule has 0 aliphatic carbocycles. The van der Waals surface area contributed by atoms with E-state index in [1.807, 2.05) is 43.3 Å². The second-order valence-corrected chi connectivity index (χ2v) is 6.60. The number of aromatic nitrogens is 4. The van der Waals surface area contributed by atoms with E-state index in [1.165, 1.54) is 6.42 Å². The molecule has 132 valence electrons. The number of pyridine rings is 1. The number of hydrogen-bond acceptors (Lipinski definition) is 4. The van der Waals surface area contributed by atoms with Gasteiger partial charge < -0.3 is 9.88 Å². The van der Waals surface area contributed by atoms with Gasteiger partial charge in [0.05, 0.1) is 0 Å². The van der Waals surface area contributed by atoms with Gasteiger partial charge in [-0.05, 0) is 44.0 Å². The van der Waals surface area contributed by atoms with Gasteiger partial charge in [-0.1, -0.05) is 24.6 Å². The van der Waals surface area contributed by atoms with Crippen LogP contribution in [0.2, 0.25) is 0 Å². The zero-order valence-electron chi connectivity index (χ0n) is 14.8. The second-order valence-electron chi connectivity index (χ2n) is 6.60. The number of hydrogen-bond donors (Lipinski definition) is 1. The highest BCUT2D eigenvalue weighted by Crippen LogP contribution is 2.25. The van der Waals surface area contributed by atoms with Gasteiger partial charge in [-0.2, -0.15) is 0 Å². The molecule has 1 aliphatic heterocycles. The fourth-order valence-corrected chi connectivity index (χ4v) is 3.30. The minimum atomic E-state index is -0.217. The summed E-state index contributed by atoms with van der Waals surface area (Å²) in [5.74, 6) is 1.70. The fourth-order valence-electron chi connectivity index (χ4n) is 3.30. The molecule has 6 nitrogen and oxygen atoms in total. The largest absolute Gasteiger partial charge is 0.321 e. The number of anilines is 1. The summed E-state index contributed by atoms with van der Waals surface area (Å²) in [7, 11) is 0. The lowest BCUT2D eigenvalue weighted by Crippen LogP contribution is -2.14. The molecule has 1 aliphatic rings. The summed E-state index contributed by atoms with van der Waals surface area (Å²) in [4.78, 5) is 16.7. The van der Waals surface area contributed by atoms with Crippen molar-refractivity contribution in [2.75, 3.05) is 5.32 Å². The zero-order chi connectivity index (χ0) is 17.9. The van der Waals surface area contributed by atoms with Crippen LogP contribution in [-0.2, 0) is 13.0 Å². The molecule has 1 aromatic carbocycles. The SMILES string of the molecule is Cc1cccc(C(=O)Nc2cccc(-c3nnc4n3CCCCC4)c2)n1. The van der Waals surface area contributed by atoms with E-state index >= 15 is 0 Å². The molecule has 0 atom stereocenters. The molecule has 3 heterocycles. The molecule has 0 unspecified atom stereocenters. The molecule has 0 bridgehead atoms. The van der Waals surface area contributed by atoms with Crippen molar-refractivity contribution in [3.05, 3.63) is 59.7 Å². The third-order valence-electron chi connectivity index (χ3n) is 4.61. The Morgan fingerprint density at radius 2 is 1.96 bits per heavy atom. The molecule has 3 aromatic rings. The minimum absolute atomic E-state index is 0.217. The van der Waals surface area contributed by atoms with Gasteiger partial charge in [-0.25, -0.2) is 4.98 Å². The predicted octanol–water partition coefficient (Wildman–Crippen LogP) is 3.63. The van der Waals surface area contributed by atoms with Gasteiger partial charge in [0.25, 0.3) is 5.91 Å². The second kappa shape index (κ2) is 7.07. The van der Waals surface area contributed by atoms with Crippen LogP contribution in [0.15, 0.2) is 42.5 Å². The van der Waals surface area contributed by atoms with E-state index in [-0.39, 0.29) is 5.91 Å². The van der Waals surface area contributed by atoms with Crippen molar-refractivity contribution >= 4 is 11.6 Å². The molecular formula is C20H21N5O. The molecule has 1 N–H and O–H groups in total. The lowest BCUT2D eigenvalue weighted by atomic mass is 10.1. The molecule has 0 saturated heterocycles. The van der Waals surface area contributed by atoms with Gasteiger partial charge in [-0.15, -0.1) is 10.2 Å². The molecule has 0 fully saturated rings. The zero-order valence-corrected chi connectivity index (χ0v) is 14.8. The Morgan fingerprint density at radius 1 is 1.08 bits per heavy atom. The maximum atomic E-state index is 12.4. The number of amides is 1. The van der Waals surface area contributed by atoms with Crippen LogP contribution in [0.1, 0.15) is 41.3 Å². The Bertz CT molecular complexity index is 947. The average Bonchev–Trinajstić information content (AvgIpc) is 2.90. The lowest BCUT2D eigenvalue weighted by Gasteiger charge is -2.09. The van der Waals surface area contributed by atoms with Crippen LogP contribution in [0.5, 0.6) is 0 Å². The quantitative estimate of drug-likeness (QED) is 0.785. The summed E-state index contributed by atoms with van der Waals surface area (Å²) in [6, 6.07) is 13.2. The number of fused-ring (bicyclic) bond motifs is 1. The van der Waals surface area contributed by atoms with Crippen molar-refractivity contribution in [1.82, 2.24) is 19.7 Å². The summed E-state index contributed by atoms with van der Waals surface area (Å²) in [5.41, 5.74) is 2.91. The van der Waals surface area contributed by atoms with E-state index in [1.54, 1.807) is 6.07 Å². The fraction of sp³-hybridized carbons (Fsp3) is 0.300. The Hall–Kier alpha value is -3.02. The molecule has 4 rings (SSSR count). The number of carbonyl (C=O) groups excluding carboxylic acids is 1. The van der Waals surface area contributed by atoms with Crippen molar-refractivity contribution in [1.29, 1.82) is 0 Å². The highest BCUT2D eigenvalue weighted by molar-refractivity contribution is 6.03. The number of nitrogens with one attached hydrogen (secondary N) is 1. The van der Waals surface area contributed by atoms with Gasteiger partial charge in [0.15, 0.2) is 5.82 Å². The van der Waals surface area contributed by atoms with E-state index in [0.29, 0.717) is 5.69 Å². The summed E-state index contributed by atoms with van der Waals surface area (Å²) in [5, 5.41) is 11.7. The number of aryl methyl sites for hydroxylation is 2. The normalized spacial score (nSPS) is 13.7. The molecule has 0 spiro atoms. The van der Waals surface area contributed by atoms with Crippen LogP contribution in [-0.4, -0.2) is 25.7 Å². The van der Waals surface area contributed by atoms with E-state index in [9.17, 15) is 4.79 Å². The first-order valence-electron chi connectivity index (χ1n) is 8.98. The first-order valence-corrected chi connectivity index (χ1v) is 8.98. The van der Waals surface area contributed by atoms with Crippen LogP contribution in [0.25, 0.3) is 11.4 Å². The van der Waals surface area contributed by atoms with Crippen LogP contribution in [0, 0.1) is 6.92 Å². The van der Waals surface area contributed by atoms with Gasteiger partial charge in [-0.3, -0.25) is 4.79 Å². The highest BCUT2D eigenvalue weighted by atomic mass is 16.1. The van der Waals surface area contributed by atoms with Gasteiger partial charge >= 0.3 is 0 Å². The maximum Gasteiger partial charge on any atom is 0.274 e. The van der Waals surface area contributed by atoms with Crippen molar-refractivity contribution in [2.24, 2.45) is 0 Å². The summed E-state index contributed by atoms with van der Waals surface area (Å²) >= 11 is 0. The summed E-state index contributed by atoms with van der Waals surface area (Å²) in [6.45, 7) is 2.82. The van der Waals surface area contributed by atoms with Gasteiger partial charge in [0.2, 0.25) is 0 Å². The maximum absolute atomic E-state index is 12.4. The Labute approximate surface area is 152 Å². The molecule has 1 amide bonds. The van der Waals surface area contributed by atoms with Crippen molar-refractivity contribution in [3.63, 3.8) is 0 Å². The monoisotopic (exact) mass is 347 g/mol. The van der Waals surface area contributed by atoms with Crippen LogP contribution in [0.4, 0.5) is 5.69 Å². The van der Waals surface area contributed by atoms with Crippen LogP contribution < -0.4 is 5.32 Å². The van der Waals surface area contributed by atoms with Crippen molar-refractivity contribution < 1.29 is 4.79 Å². The Balaban J connectivity index is 1.59. The Morgan fingerprint density at radius 3 is 2.85 bits per heavy atom. The van der Waals surface area contributed by atoms with Crippen molar-refractivity contribution in [2.45, 2.75) is 39.2 Å². The minimum Gasteiger partial charge on any atom is -0.321 e. The first-order chi connectivity index (χ1) is 12.7. The number of rotatable bonds is 3. The van der Waals surface area contributed by atoms with Crippen LogP contribution in [0.3, 0.4) is 0 Å². The molecule has 0 saturated carbocycles. The molecule has 0 radical (unpaired) electrons. The van der Waals surface area contributed by atoms with E-state index < -0.39 is 0 Å². The van der Waals surface area contributed by atoms with Gasteiger partial charge in [0, 0.05) is 29.9 Å². The van der Waals surface area contributed by atoms with Crippen LogP contribution >= 0.6 is 0 Å². The molecule has 2 aromatic heterocycles. The molecular weight excluding hydrogens is 326 g/mol. The molecule has 26 heavy (non-hydrogen) atoms. The van der Waals surface area contributed by atoms with E-state index in [4.69, 9.17) is 0 Å². The third-order valence-corrected chi connectivity index (χ3v) is 4.61. The smallest absolute Gasteiger partial charge is 0.274 e. The highest BCUT2D eigenvalue weighted by Gasteiger charge is 2.16. The summed E-state index contributed by atoms with van der Waals surface area (Å²) in [6.07, 6.45) is 4.51. The topological polar surface area (TPSA) is 72.7 Å². The third kappa shape index (κ3) is 3.35. The Kier molecular flexibility index (Phi) is 4.48. The average molecular weight is 347 g/mol. The predicted molar refractivity (Wildman–Crippen MR) is 99.9 cm³/mol. The number of carbonyl (C=O) groups is 1.